The van der Waals surface area contributed by atoms with Gasteiger partial charge in [-0.25, -0.2) is 4.79 Å². The molecule has 162 valence electrons. The average Bonchev–Trinajstić information content (AvgIpc) is 2.60. The molecule has 2 rings (SSSR count). The molecule has 1 aliphatic heterocycles. The van der Waals surface area contributed by atoms with Gasteiger partial charge in [0, 0.05) is 38.6 Å². The lowest BCUT2D eigenvalue weighted by atomic mass is 10.1. The first-order valence-electron chi connectivity index (χ1n) is 9.49. The van der Waals surface area contributed by atoms with Crippen molar-refractivity contribution in [2.45, 2.75) is 39.3 Å². The molecule has 0 aromatic carbocycles. The molecule has 0 radical (unpaired) electrons. The van der Waals surface area contributed by atoms with Crippen LogP contribution < -0.4 is 16.0 Å². The topological polar surface area (TPSA) is 108 Å². The molecule has 0 bridgehead atoms. The number of aliphatic imine (C=N–C) groups is 1. The SMILES string of the molecule is CCNC(=NCCNC(=O)c1cccnc1)NC1CN(C(=O)OC(C)(C)C)C1.I. The number of rotatable bonds is 6. The third kappa shape index (κ3) is 8.84. The third-order valence-electron chi connectivity index (χ3n) is 3.81. The van der Waals surface area contributed by atoms with Gasteiger partial charge in [-0.1, -0.05) is 0 Å². The molecule has 2 amide bonds. The molecule has 0 unspecified atom stereocenters. The van der Waals surface area contributed by atoms with Crippen molar-refractivity contribution >= 4 is 41.9 Å². The normalized spacial score (nSPS) is 14.3. The highest BCUT2D eigenvalue weighted by Gasteiger charge is 2.34. The van der Waals surface area contributed by atoms with Crippen LogP contribution in [0.3, 0.4) is 0 Å². The summed E-state index contributed by atoms with van der Waals surface area (Å²) in [7, 11) is 0. The number of likely N-dealkylation sites (tertiary alicyclic amines) is 1. The zero-order valence-corrected chi connectivity index (χ0v) is 19.7. The van der Waals surface area contributed by atoms with E-state index in [1.54, 1.807) is 23.2 Å². The maximum absolute atomic E-state index is 12.0. The van der Waals surface area contributed by atoms with Gasteiger partial charge < -0.3 is 25.6 Å². The molecule has 1 aliphatic rings. The molecule has 0 aliphatic carbocycles. The van der Waals surface area contributed by atoms with Gasteiger partial charge in [-0.3, -0.25) is 14.8 Å². The van der Waals surface area contributed by atoms with Gasteiger partial charge in [0.05, 0.1) is 18.2 Å². The van der Waals surface area contributed by atoms with Crippen molar-refractivity contribution in [3.8, 4) is 0 Å². The number of hydrogen-bond donors (Lipinski definition) is 3. The molecular weight excluding hydrogens is 487 g/mol. The zero-order valence-electron chi connectivity index (χ0n) is 17.4. The monoisotopic (exact) mass is 518 g/mol. The van der Waals surface area contributed by atoms with Crippen LogP contribution in [0.4, 0.5) is 4.79 Å². The minimum atomic E-state index is -0.494. The predicted octanol–water partition coefficient (Wildman–Crippen LogP) is 1.60. The smallest absolute Gasteiger partial charge is 0.410 e. The van der Waals surface area contributed by atoms with Crippen molar-refractivity contribution in [3.63, 3.8) is 0 Å². The van der Waals surface area contributed by atoms with Crippen molar-refractivity contribution in [2.24, 2.45) is 4.99 Å². The number of aromatic nitrogens is 1. The highest BCUT2D eigenvalue weighted by molar-refractivity contribution is 14.0. The van der Waals surface area contributed by atoms with E-state index in [1.165, 1.54) is 6.20 Å². The Morgan fingerprint density at radius 1 is 1.31 bits per heavy atom. The first-order chi connectivity index (χ1) is 13.3. The Labute approximate surface area is 189 Å². The highest BCUT2D eigenvalue weighted by atomic mass is 127. The highest BCUT2D eigenvalue weighted by Crippen LogP contribution is 2.15. The van der Waals surface area contributed by atoms with Gasteiger partial charge in [0.15, 0.2) is 5.96 Å². The Balaban J connectivity index is 0.00000420. The number of halogens is 1. The molecule has 1 fully saturated rings. The van der Waals surface area contributed by atoms with Crippen molar-refractivity contribution < 1.29 is 14.3 Å². The zero-order chi connectivity index (χ0) is 20.6. The lowest BCUT2D eigenvalue weighted by Gasteiger charge is -2.40. The van der Waals surface area contributed by atoms with E-state index in [0.29, 0.717) is 37.7 Å². The fraction of sp³-hybridized carbons (Fsp3) is 0.579. The van der Waals surface area contributed by atoms with Crippen LogP contribution in [0, 0.1) is 0 Å². The number of carbonyl (C=O) groups is 2. The van der Waals surface area contributed by atoms with E-state index < -0.39 is 5.60 Å². The lowest BCUT2D eigenvalue weighted by Crippen LogP contribution is -2.63. The molecule has 10 heteroatoms. The molecule has 0 atom stereocenters. The van der Waals surface area contributed by atoms with E-state index in [4.69, 9.17) is 4.74 Å². The van der Waals surface area contributed by atoms with Crippen LogP contribution in [0.5, 0.6) is 0 Å². The minimum Gasteiger partial charge on any atom is -0.444 e. The van der Waals surface area contributed by atoms with E-state index in [9.17, 15) is 9.59 Å². The summed E-state index contributed by atoms with van der Waals surface area (Å²) < 4.78 is 5.35. The van der Waals surface area contributed by atoms with Crippen molar-refractivity contribution in [3.05, 3.63) is 30.1 Å². The van der Waals surface area contributed by atoms with E-state index >= 15 is 0 Å². The predicted molar refractivity (Wildman–Crippen MR) is 123 cm³/mol. The summed E-state index contributed by atoms with van der Waals surface area (Å²) in [6, 6.07) is 3.55. The Bertz CT molecular complexity index is 687. The molecule has 0 saturated carbocycles. The van der Waals surface area contributed by atoms with Crippen LogP contribution in [0.1, 0.15) is 38.1 Å². The maximum atomic E-state index is 12.0. The fourth-order valence-corrected chi connectivity index (χ4v) is 2.50. The van der Waals surface area contributed by atoms with Gasteiger partial charge in [-0.05, 0) is 39.8 Å². The average molecular weight is 518 g/mol. The van der Waals surface area contributed by atoms with Crippen LogP contribution in [-0.4, -0.2) is 72.2 Å². The summed E-state index contributed by atoms with van der Waals surface area (Å²) in [5.41, 5.74) is 0.0277. The first-order valence-corrected chi connectivity index (χ1v) is 9.49. The summed E-state index contributed by atoms with van der Waals surface area (Å²) in [4.78, 5) is 34.0. The summed E-state index contributed by atoms with van der Waals surface area (Å²) in [5, 5.41) is 9.26. The van der Waals surface area contributed by atoms with Crippen molar-refractivity contribution in [1.29, 1.82) is 0 Å². The van der Waals surface area contributed by atoms with Crippen LogP contribution >= 0.6 is 24.0 Å². The van der Waals surface area contributed by atoms with Crippen molar-refractivity contribution in [2.75, 3.05) is 32.7 Å². The second-order valence-corrected chi connectivity index (χ2v) is 7.48. The summed E-state index contributed by atoms with van der Waals surface area (Å²) in [6.45, 7) is 10.2. The maximum Gasteiger partial charge on any atom is 0.410 e. The quantitative estimate of drug-likeness (QED) is 0.229. The Morgan fingerprint density at radius 2 is 2.03 bits per heavy atom. The number of nitrogens with one attached hydrogen (secondary N) is 3. The summed E-state index contributed by atoms with van der Waals surface area (Å²) in [5.74, 6) is 0.486. The number of ether oxygens (including phenoxy) is 1. The molecule has 29 heavy (non-hydrogen) atoms. The van der Waals surface area contributed by atoms with Crippen LogP contribution in [0.15, 0.2) is 29.5 Å². The van der Waals surface area contributed by atoms with E-state index in [2.05, 4.69) is 25.9 Å². The molecule has 1 aromatic heterocycles. The third-order valence-corrected chi connectivity index (χ3v) is 3.81. The molecule has 0 spiro atoms. The second kappa shape index (κ2) is 11.8. The molecule has 3 N–H and O–H groups in total. The largest absolute Gasteiger partial charge is 0.444 e. The van der Waals surface area contributed by atoms with Crippen LogP contribution in [0.2, 0.25) is 0 Å². The number of guanidine groups is 1. The number of hydrogen-bond acceptors (Lipinski definition) is 5. The van der Waals surface area contributed by atoms with Gasteiger partial charge in [-0.15, -0.1) is 24.0 Å². The molecule has 2 heterocycles. The Hall–Kier alpha value is -2.11. The summed E-state index contributed by atoms with van der Waals surface area (Å²) in [6.07, 6.45) is 2.85. The fourth-order valence-electron chi connectivity index (χ4n) is 2.50. The number of amides is 2. The number of pyridine rings is 1. The Morgan fingerprint density at radius 3 is 2.62 bits per heavy atom. The van der Waals surface area contributed by atoms with Crippen LogP contribution in [-0.2, 0) is 4.74 Å². The van der Waals surface area contributed by atoms with Gasteiger partial charge in [-0.2, -0.15) is 0 Å². The van der Waals surface area contributed by atoms with Gasteiger partial charge in [0.25, 0.3) is 5.91 Å². The lowest BCUT2D eigenvalue weighted by molar-refractivity contribution is 0.00700. The van der Waals surface area contributed by atoms with Gasteiger partial charge in [0.1, 0.15) is 5.60 Å². The molecule has 1 saturated heterocycles. The second-order valence-electron chi connectivity index (χ2n) is 7.48. The van der Waals surface area contributed by atoms with Gasteiger partial charge >= 0.3 is 6.09 Å². The van der Waals surface area contributed by atoms with Gasteiger partial charge in [0.2, 0.25) is 0 Å². The van der Waals surface area contributed by atoms with E-state index in [-0.39, 0.29) is 42.0 Å². The van der Waals surface area contributed by atoms with E-state index in [0.717, 1.165) is 6.54 Å². The summed E-state index contributed by atoms with van der Waals surface area (Å²) >= 11 is 0. The van der Waals surface area contributed by atoms with E-state index in [1.807, 2.05) is 27.7 Å². The van der Waals surface area contributed by atoms with Crippen LogP contribution in [0.25, 0.3) is 0 Å². The first kappa shape index (κ1) is 24.9. The molecule has 9 nitrogen and oxygen atoms in total. The molecule has 1 aromatic rings. The standard InChI is InChI=1S/C19H30N6O3.HI/c1-5-21-17(23-10-9-22-16(26)14-7-6-8-20-11-14)24-15-12-25(13-15)18(27)28-19(2,3)4;/h6-8,11,15H,5,9-10,12-13H2,1-4H3,(H,22,26)(H2,21,23,24);1H. The Kier molecular flexibility index (Phi) is 10.1. The minimum absolute atomic E-state index is 0. The van der Waals surface area contributed by atoms with Crippen molar-refractivity contribution in [1.82, 2.24) is 25.8 Å². The number of nitrogens with zero attached hydrogens (tertiary/aromatic N) is 3. The number of carbonyl (C=O) groups excluding carboxylic acids is 2. The molecular formula is C19H31IN6O3.